The number of amides is 1. The third-order valence-corrected chi connectivity index (χ3v) is 3.02. The lowest BCUT2D eigenvalue weighted by atomic mass is 9.89. The van der Waals surface area contributed by atoms with Crippen LogP contribution in [0.4, 0.5) is 5.69 Å². The van der Waals surface area contributed by atoms with E-state index in [2.05, 4.69) is 5.32 Å². The molecule has 3 nitrogen and oxygen atoms in total. The molecule has 17 heavy (non-hydrogen) atoms. The number of methoxy groups -OCH3 is 1. The minimum Gasteiger partial charge on any atom is -0.380 e. The van der Waals surface area contributed by atoms with E-state index in [9.17, 15) is 4.79 Å². The molecule has 0 aliphatic heterocycles. The minimum absolute atomic E-state index is 0.0551. The number of rotatable bonds is 5. The summed E-state index contributed by atoms with van der Waals surface area (Å²) in [5, 5.41) is 2.92. The van der Waals surface area contributed by atoms with Crippen molar-refractivity contribution >= 4 is 11.6 Å². The number of hydrogen-bond acceptors (Lipinski definition) is 2. The molecule has 0 saturated carbocycles. The van der Waals surface area contributed by atoms with Crippen molar-refractivity contribution in [1.82, 2.24) is 0 Å². The fourth-order valence-electron chi connectivity index (χ4n) is 1.31. The number of ether oxygens (including phenoxy) is 1. The number of anilines is 1. The first-order chi connectivity index (χ1) is 7.99. The molecule has 1 rings (SSSR count). The Kier molecular flexibility index (Phi) is 4.70. The zero-order chi connectivity index (χ0) is 12.9. The molecule has 94 valence electrons. The highest BCUT2D eigenvalue weighted by Gasteiger charge is 2.24. The lowest BCUT2D eigenvalue weighted by Gasteiger charge is -2.21. The molecule has 1 aromatic rings. The van der Waals surface area contributed by atoms with Gasteiger partial charge in [0.1, 0.15) is 0 Å². The fourth-order valence-corrected chi connectivity index (χ4v) is 1.31. The van der Waals surface area contributed by atoms with Crippen molar-refractivity contribution in [1.29, 1.82) is 0 Å². The molecule has 0 fully saturated rings. The minimum atomic E-state index is -0.328. The second kappa shape index (κ2) is 5.82. The SMILES string of the molecule is CCC(C)(C)C(=O)Nc1ccc(COC)cc1. The molecule has 3 heteroatoms. The van der Waals surface area contributed by atoms with Gasteiger partial charge in [-0.05, 0) is 24.1 Å². The molecule has 0 atom stereocenters. The predicted octanol–water partition coefficient (Wildman–Crippen LogP) is 3.21. The average Bonchev–Trinajstić information content (AvgIpc) is 2.32. The van der Waals surface area contributed by atoms with Crippen LogP contribution in [0.25, 0.3) is 0 Å². The summed E-state index contributed by atoms with van der Waals surface area (Å²) >= 11 is 0. The molecule has 0 unspecified atom stereocenters. The zero-order valence-electron chi connectivity index (χ0n) is 11.0. The van der Waals surface area contributed by atoms with Crippen molar-refractivity contribution in [3.63, 3.8) is 0 Å². The summed E-state index contributed by atoms with van der Waals surface area (Å²) in [6.45, 7) is 6.50. The lowest BCUT2D eigenvalue weighted by molar-refractivity contribution is -0.124. The van der Waals surface area contributed by atoms with E-state index in [1.165, 1.54) is 0 Å². The van der Waals surface area contributed by atoms with E-state index in [0.29, 0.717) is 6.61 Å². The summed E-state index contributed by atoms with van der Waals surface area (Å²) in [5.41, 5.74) is 1.60. The highest BCUT2D eigenvalue weighted by molar-refractivity contribution is 5.94. The predicted molar refractivity (Wildman–Crippen MR) is 69.9 cm³/mol. The molecule has 0 aliphatic rings. The van der Waals surface area contributed by atoms with Gasteiger partial charge in [-0.2, -0.15) is 0 Å². The quantitative estimate of drug-likeness (QED) is 0.851. The van der Waals surface area contributed by atoms with Gasteiger partial charge < -0.3 is 10.1 Å². The van der Waals surface area contributed by atoms with Gasteiger partial charge in [-0.15, -0.1) is 0 Å². The number of nitrogens with one attached hydrogen (secondary N) is 1. The molecule has 0 aliphatic carbocycles. The van der Waals surface area contributed by atoms with Crippen LogP contribution in [-0.2, 0) is 16.1 Å². The van der Waals surface area contributed by atoms with Gasteiger partial charge >= 0.3 is 0 Å². The lowest BCUT2D eigenvalue weighted by Crippen LogP contribution is -2.29. The zero-order valence-corrected chi connectivity index (χ0v) is 11.0. The van der Waals surface area contributed by atoms with E-state index in [4.69, 9.17) is 4.74 Å². The van der Waals surface area contributed by atoms with E-state index < -0.39 is 0 Å². The van der Waals surface area contributed by atoms with Gasteiger partial charge in [0.2, 0.25) is 5.91 Å². The van der Waals surface area contributed by atoms with Gasteiger partial charge in [-0.1, -0.05) is 32.9 Å². The second-order valence-electron chi connectivity index (χ2n) is 4.82. The topological polar surface area (TPSA) is 38.3 Å². The van der Waals surface area contributed by atoms with Gasteiger partial charge in [0.15, 0.2) is 0 Å². The van der Waals surface area contributed by atoms with Crippen LogP contribution in [-0.4, -0.2) is 13.0 Å². The van der Waals surface area contributed by atoms with E-state index in [0.717, 1.165) is 17.7 Å². The van der Waals surface area contributed by atoms with Gasteiger partial charge in [0, 0.05) is 18.2 Å². The standard InChI is InChI=1S/C14H21NO2/c1-5-14(2,3)13(16)15-12-8-6-11(7-9-12)10-17-4/h6-9H,5,10H2,1-4H3,(H,15,16). The Balaban J connectivity index is 2.66. The van der Waals surface area contributed by atoms with E-state index in [1.54, 1.807) is 7.11 Å². The summed E-state index contributed by atoms with van der Waals surface area (Å²) < 4.78 is 5.03. The Morgan fingerprint density at radius 2 is 1.88 bits per heavy atom. The van der Waals surface area contributed by atoms with E-state index in [-0.39, 0.29) is 11.3 Å². The smallest absolute Gasteiger partial charge is 0.230 e. The summed E-state index contributed by atoms with van der Waals surface area (Å²) in [6, 6.07) is 7.71. The first-order valence-electron chi connectivity index (χ1n) is 5.89. The van der Waals surface area contributed by atoms with Crippen molar-refractivity contribution in [2.75, 3.05) is 12.4 Å². The number of carbonyl (C=O) groups excluding carboxylic acids is 1. The number of carbonyl (C=O) groups is 1. The van der Waals surface area contributed by atoms with Crippen LogP contribution in [0.3, 0.4) is 0 Å². The molecule has 1 aromatic carbocycles. The Labute approximate surface area is 103 Å². The molecule has 0 spiro atoms. The van der Waals surface area contributed by atoms with Crippen molar-refractivity contribution in [3.05, 3.63) is 29.8 Å². The van der Waals surface area contributed by atoms with E-state index in [1.807, 2.05) is 45.0 Å². The Morgan fingerprint density at radius 3 is 2.35 bits per heavy atom. The van der Waals surface area contributed by atoms with Crippen molar-refractivity contribution in [2.45, 2.75) is 33.8 Å². The molecule has 0 heterocycles. The third-order valence-electron chi connectivity index (χ3n) is 3.02. The number of hydrogen-bond donors (Lipinski definition) is 1. The van der Waals surface area contributed by atoms with Crippen LogP contribution in [0, 0.1) is 5.41 Å². The van der Waals surface area contributed by atoms with Crippen LogP contribution in [0.1, 0.15) is 32.8 Å². The Hall–Kier alpha value is -1.35. The summed E-state index contributed by atoms with van der Waals surface area (Å²) in [6.07, 6.45) is 0.820. The number of benzene rings is 1. The van der Waals surface area contributed by atoms with Gasteiger partial charge in [-0.25, -0.2) is 0 Å². The first kappa shape index (κ1) is 13.7. The average molecular weight is 235 g/mol. The molecule has 0 aromatic heterocycles. The third kappa shape index (κ3) is 3.86. The van der Waals surface area contributed by atoms with Crippen molar-refractivity contribution in [2.24, 2.45) is 5.41 Å². The van der Waals surface area contributed by atoms with Gasteiger partial charge in [0.25, 0.3) is 0 Å². The maximum Gasteiger partial charge on any atom is 0.230 e. The monoisotopic (exact) mass is 235 g/mol. The molecule has 0 saturated heterocycles. The first-order valence-corrected chi connectivity index (χ1v) is 5.89. The maximum absolute atomic E-state index is 11.9. The largest absolute Gasteiger partial charge is 0.380 e. The highest BCUT2D eigenvalue weighted by atomic mass is 16.5. The van der Waals surface area contributed by atoms with Crippen LogP contribution < -0.4 is 5.32 Å². The molecule has 0 radical (unpaired) electrons. The van der Waals surface area contributed by atoms with Crippen molar-refractivity contribution < 1.29 is 9.53 Å². The highest BCUT2D eigenvalue weighted by Crippen LogP contribution is 2.22. The van der Waals surface area contributed by atoms with Crippen molar-refractivity contribution in [3.8, 4) is 0 Å². The normalized spacial score (nSPS) is 11.3. The summed E-state index contributed by atoms with van der Waals surface area (Å²) in [7, 11) is 1.67. The van der Waals surface area contributed by atoms with Gasteiger partial charge in [0.05, 0.1) is 6.61 Å². The summed E-state index contributed by atoms with van der Waals surface area (Å²) in [5.74, 6) is 0.0551. The molecule has 1 amide bonds. The maximum atomic E-state index is 11.9. The molecular weight excluding hydrogens is 214 g/mol. The van der Waals surface area contributed by atoms with E-state index >= 15 is 0 Å². The second-order valence-corrected chi connectivity index (χ2v) is 4.82. The fraction of sp³-hybridized carbons (Fsp3) is 0.500. The van der Waals surface area contributed by atoms with Gasteiger partial charge in [-0.3, -0.25) is 4.79 Å². The van der Waals surface area contributed by atoms with Crippen LogP contribution in [0.2, 0.25) is 0 Å². The molecule has 1 N–H and O–H groups in total. The Morgan fingerprint density at radius 1 is 1.29 bits per heavy atom. The molecule has 0 bridgehead atoms. The molecular formula is C14H21NO2. The Bertz CT molecular complexity index is 368. The van der Waals surface area contributed by atoms with Crippen LogP contribution in [0.5, 0.6) is 0 Å². The van der Waals surface area contributed by atoms with Crippen LogP contribution >= 0.6 is 0 Å². The summed E-state index contributed by atoms with van der Waals surface area (Å²) in [4.78, 5) is 11.9. The van der Waals surface area contributed by atoms with Crippen LogP contribution in [0.15, 0.2) is 24.3 Å².